The van der Waals surface area contributed by atoms with Crippen molar-refractivity contribution in [2.24, 2.45) is 0 Å². The first kappa shape index (κ1) is 10.3. The fourth-order valence-corrected chi connectivity index (χ4v) is 5.57. The second-order valence-corrected chi connectivity index (χ2v) is 8.10. The molecule has 1 rings (SSSR count). The van der Waals surface area contributed by atoms with Crippen molar-refractivity contribution in [3.05, 3.63) is 0 Å². The second kappa shape index (κ2) is 5.04. The molecule has 1 aliphatic carbocycles. The normalized spacial score (nSPS) is 20.3. The summed E-state index contributed by atoms with van der Waals surface area (Å²) in [7, 11) is 0. The summed E-state index contributed by atoms with van der Waals surface area (Å²) in [5.74, 6) is -0.0757. The summed E-state index contributed by atoms with van der Waals surface area (Å²) in [5, 5.41) is 0. The van der Waals surface area contributed by atoms with Crippen molar-refractivity contribution in [1.29, 1.82) is 0 Å². The van der Waals surface area contributed by atoms with Gasteiger partial charge in [-0.05, 0) is 0 Å². The molecule has 0 aromatic heterocycles. The second-order valence-electron chi connectivity index (χ2n) is 3.27. The van der Waals surface area contributed by atoms with Gasteiger partial charge >= 0.3 is 81.9 Å². The van der Waals surface area contributed by atoms with E-state index in [1.807, 2.05) is 0 Å². The zero-order valence-corrected chi connectivity index (χ0v) is 9.96. The van der Waals surface area contributed by atoms with Crippen LogP contribution < -0.4 is 0 Å². The molecule has 0 atom stereocenters. The molecule has 0 spiro atoms. The Morgan fingerprint density at radius 1 is 1.33 bits per heavy atom. The molecule has 1 fully saturated rings. The van der Waals surface area contributed by atoms with Crippen molar-refractivity contribution < 1.29 is 7.86 Å². The SMILES string of the molecule is CC(=O)OI(C)C1CCCCC1. The summed E-state index contributed by atoms with van der Waals surface area (Å²) in [6, 6.07) is 0. The van der Waals surface area contributed by atoms with Crippen LogP contribution in [-0.4, -0.2) is 14.8 Å². The van der Waals surface area contributed by atoms with Gasteiger partial charge < -0.3 is 0 Å². The first-order valence-electron chi connectivity index (χ1n) is 4.48. The Balaban J connectivity index is 2.29. The molecule has 0 N–H and O–H groups in total. The van der Waals surface area contributed by atoms with Gasteiger partial charge in [0.25, 0.3) is 0 Å². The molecule has 0 aromatic rings. The van der Waals surface area contributed by atoms with Crippen molar-refractivity contribution in [1.82, 2.24) is 0 Å². The Labute approximate surface area is 82.0 Å². The van der Waals surface area contributed by atoms with Crippen LogP contribution >= 0.6 is 20.2 Å². The first-order valence-corrected chi connectivity index (χ1v) is 8.76. The van der Waals surface area contributed by atoms with Gasteiger partial charge in [0.1, 0.15) is 0 Å². The van der Waals surface area contributed by atoms with Crippen molar-refractivity contribution in [3.63, 3.8) is 0 Å². The molecule has 0 bridgehead atoms. The third-order valence-electron chi connectivity index (χ3n) is 2.20. The average molecular weight is 284 g/mol. The molecular formula is C9H17IO2. The van der Waals surface area contributed by atoms with Gasteiger partial charge in [0.2, 0.25) is 0 Å². The fourth-order valence-electron chi connectivity index (χ4n) is 1.59. The standard InChI is InChI=1S/C9H17IO2/c1-8(11)12-10(2)9-6-4-3-5-7-9/h9H,3-7H2,1-2H3. The van der Waals surface area contributed by atoms with Gasteiger partial charge in [0.15, 0.2) is 0 Å². The molecule has 0 radical (unpaired) electrons. The predicted octanol–water partition coefficient (Wildman–Crippen LogP) is 2.93. The molecule has 0 aromatic carbocycles. The summed E-state index contributed by atoms with van der Waals surface area (Å²) >= 11 is -1.36. The molecule has 2 nitrogen and oxygen atoms in total. The molecule has 1 aliphatic rings. The monoisotopic (exact) mass is 284 g/mol. The number of alkyl halides is 2. The minimum absolute atomic E-state index is 0.0757. The Morgan fingerprint density at radius 2 is 1.92 bits per heavy atom. The zero-order chi connectivity index (χ0) is 8.97. The minimum atomic E-state index is -1.36. The number of carbonyl (C=O) groups is 1. The van der Waals surface area contributed by atoms with Crippen LogP contribution in [0.5, 0.6) is 0 Å². The Kier molecular flexibility index (Phi) is 4.32. The topological polar surface area (TPSA) is 26.3 Å². The van der Waals surface area contributed by atoms with Crippen LogP contribution in [-0.2, 0) is 7.86 Å². The molecule has 0 saturated heterocycles. The van der Waals surface area contributed by atoms with E-state index < -0.39 is 20.2 Å². The van der Waals surface area contributed by atoms with Gasteiger partial charge in [-0.25, -0.2) is 0 Å². The van der Waals surface area contributed by atoms with E-state index in [-0.39, 0.29) is 5.97 Å². The first-order chi connectivity index (χ1) is 5.70. The van der Waals surface area contributed by atoms with E-state index in [0.717, 1.165) is 3.92 Å². The predicted molar refractivity (Wildman–Crippen MR) is 58.6 cm³/mol. The Morgan fingerprint density at radius 3 is 2.42 bits per heavy atom. The molecule has 0 amide bonds. The van der Waals surface area contributed by atoms with E-state index in [9.17, 15) is 4.79 Å². The van der Waals surface area contributed by atoms with Crippen LogP contribution in [0.2, 0.25) is 0 Å². The quantitative estimate of drug-likeness (QED) is 0.575. The van der Waals surface area contributed by atoms with Crippen molar-refractivity contribution in [2.45, 2.75) is 43.0 Å². The molecule has 0 heterocycles. The molecule has 0 aliphatic heterocycles. The van der Waals surface area contributed by atoms with E-state index in [2.05, 4.69) is 4.93 Å². The summed E-state index contributed by atoms with van der Waals surface area (Å²) in [4.78, 5) is 12.9. The van der Waals surface area contributed by atoms with Crippen LogP contribution in [0.4, 0.5) is 0 Å². The fraction of sp³-hybridized carbons (Fsp3) is 0.889. The van der Waals surface area contributed by atoms with Crippen molar-refractivity contribution >= 4 is 26.2 Å². The summed E-state index contributed by atoms with van der Waals surface area (Å²) < 4.78 is 6.08. The summed E-state index contributed by atoms with van der Waals surface area (Å²) in [5.41, 5.74) is 0. The van der Waals surface area contributed by atoms with Crippen molar-refractivity contribution in [3.8, 4) is 0 Å². The summed E-state index contributed by atoms with van der Waals surface area (Å²) in [6.45, 7) is 1.52. The van der Waals surface area contributed by atoms with E-state index in [4.69, 9.17) is 3.07 Å². The van der Waals surface area contributed by atoms with Crippen LogP contribution in [0.3, 0.4) is 0 Å². The van der Waals surface area contributed by atoms with Crippen LogP contribution in [0.15, 0.2) is 0 Å². The van der Waals surface area contributed by atoms with Crippen molar-refractivity contribution in [2.75, 3.05) is 4.93 Å². The third kappa shape index (κ3) is 3.29. The van der Waals surface area contributed by atoms with Gasteiger partial charge in [-0.3, -0.25) is 0 Å². The maximum atomic E-state index is 10.7. The van der Waals surface area contributed by atoms with E-state index in [1.165, 1.54) is 39.0 Å². The van der Waals surface area contributed by atoms with E-state index in [1.54, 1.807) is 0 Å². The number of hydrogen-bond acceptors (Lipinski definition) is 2. The molecule has 3 heteroatoms. The molecule has 72 valence electrons. The number of halogens is 1. The molecular weight excluding hydrogens is 267 g/mol. The Hall–Kier alpha value is 0.200. The zero-order valence-electron chi connectivity index (χ0n) is 7.81. The Bertz CT molecular complexity index is 153. The van der Waals surface area contributed by atoms with Gasteiger partial charge in [-0.15, -0.1) is 0 Å². The van der Waals surface area contributed by atoms with Crippen LogP contribution in [0.1, 0.15) is 39.0 Å². The molecule has 0 unspecified atom stereocenters. The van der Waals surface area contributed by atoms with E-state index in [0.29, 0.717) is 0 Å². The van der Waals surface area contributed by atoms with Gasteiger partial charge in [-0.2, -0.15) is 0 Å². The van der Waals surface area contributed by atoms with Gasteiger partial charge in [-0.1, -0.05) is 0 Å². The number of hydrogen-bond donors (Lipinski definition) is 0. The number of rotatable bonds is 2. The third-order valence-corrected chi connectivity index (χ3v) is 7.24. The van der Waals surface area contributed by atoms with Crippen LogP contribution in [0.25, 0.3) is 0 Å². The summed E-state index contributed by atoms with van der Waals surface area (Å²) in [6.07, 6.45) is 6.66. The average Bonchev–Trinajstić information content (AvgIpc) is 2.05. The van der Waals surface area contributed by atoms with Gasteiger partial charge in [0, 0.05) is 0 Å². The van der Waals surface area contributed by atoms with Crippen LogP contribution in [0, 0.1) is 0 Å². The van der Waals surface area contributed by atoms with E-state index >= 15 is 0 Å². The maximum absolute atomic E-state index is 10.7. The van der Waals surface area contributed by atoms with Gasteiger partial charge in [0.05, 0.1) is 0 Å². The molecule has 12 heavy (non-hydrogen) atoms. The number of carbonyl (C=O) groups excluding carboxylic acids is 1. The molecule has 1 saturated carbocycles.